The van der Waals surface area contributed by atoms with Gasteiger partial charge < -0.3 is 5.32 Å². The second-order valence-electron chi connectivity index (χ2n) is 3.95. The number of hydrogen-bond acceptors (Lipinski definition) is 1. The molecule has 1 aliphatic heterocycles. The van der Waals surface area contributed by atoms with Gasteiger partial charge in [0, 0.05) is 17.1 Å². The van der Waals surface area contributed by atoms with Gasteiger partial charge in [-0.05, 0) is 25.3 Å². The van der Waals surface area contributed by atoms with E-state index < -0.39 is 4.87 Å². The molecule has 1 atom stereocenters. The molecule has 0 saturated heterocycles. The molecule has 1 aliphatic rings. The van der Waals surface area contributed by atoms with Crippen LogP contribution in [0.4, 0.5) is 5.69 Å². The minimum absolute atomic E-state index is 0.120. The molecule has 0 spiro atoms. The first-order chi connectivity index (χ1) is 7.68. The predicted molar refractivity (Wildman–Crippen MR) is 67.2 cm³/mol. The molecule has 0 radical (unpaired) electrons. The molecule has 1 amide bonds. The first kappa shape index (κ1) is 11.7. The van der Waals surface area contributed by atoms with Crippen molar-refractivity contribution in [1.29, 1.82) is 0 Å². The van der Waals surface area contributed by atoms with Crippen LogP contribution in [0.25, 0.3) is 0 Å². The lowest BCUT2D eigenvalue weighted by atomic mass is 9.94. The molecule has 1 aromatic carbocycles. The molecular formula is C12H13Cl2NO. The molecule has 2 rings (SSSR count). The van der Waals surface area contributed by atoms with Gasteiger partial charge in [0.25, 0.3) is 0 Å². The fraction of sp³-hybridized carbons (Fsp3) is 0.417. The molecular weight excluding hydrogens is 245 g/mol. The minimum atomic E-state index is -0.900. The van der Waals surface area contributed by atoms with Crippen molar-refractivity contribution in [2.75, 3.05) is 11.2 Å². The van der Waals surface area contributed by atoms with Crippen LogP contribution in [0.1, 0.15) is 24.8 Å². The second-order valence-corrected chi connectivity index (χ2v) is 4.97. The van der Waals surface area contributed by atoms with Gasteiger partial charge >= 0.3 is 0 Å². The molecule has 1 unspecified atom stereocenters. The number of unbranched alkanes of at least 4 members (excludes halogenated alkanes) is 1. The number of para-hydroxylation sites is 1. The number of benzene rings is 1. The molecule has 1 heterocycles. The summed E-state index contributed by atoms with van der Waals surface area (Å²) in [5.74, 6) is 0.487. The first-order valence-corrected chi connectivity index (χ1v) is 6.25. The quantitative estimate of drug-likeness (QED) is 0.650. The van der Waals surface area contributed by atoms with Crippen molar-refractivity contribution in [3.05, 3.63) is 29.8 Å². The van der Waals surface area contributed by atoms with Crippen molar-refractivity contribution in [3.8, 4) is 0 Å². The molecule has 1 N–H and O–H groups in total. The summed E-state index contributed by atoms with van der Waals surface area (Å²) in [5.41, 5.74) is 1.71. The van der Waals surface area contributed by atoms with Crippen molar-refractivity contribution < 1.29 is 4.79 Å². The Morgan fingerprint density at radius 1 is 1.25 bits per heavy atom. The second kappa shape index (κ2) is 4.64. The molecule has 86 valence electrons. The molecule has 0 aromatic heterocycles. The number of anilines is 1. The summed E-state index contributed by atoms with van der Waals surface area (Å²) in [6, 6.07) is 7.57. The zero-order valence-corrected chi connectivity index (χ0v) is 10.3. The van der Waals surface area contributed by atoms with E-state index in [0.717, 1.165) is 24.1 Å². The number of nitrogens with one attached hydrogen (secondary N) is 1. The molecule has 0 saturated carbocycles. The molecule has 1 aromatic rings. The number of alkyl halides is 2. The van der Waals surface area contributed by atoms with E-state index in [-0.39, 0.29) is 5.91 Å². The van der Waals surface area contributed by atoms with Crippen molar-refractivity contribution in [1.82, 2.24) is 0 Å². The average Bonchev–Trinajstić information content (AvgIpc) is 2.53. The highest BCUT2D eigenvalue weighted by Crippen LogP contribution is 2.44. The Morgan fingerprint density at radius 3 is 2.75 bits per heavy atom. The van der Waals surface area contributed by atoms with Gasteiger partial charge in [0.15, 0.2) is 0 Å². The molecule has 16 heavy (non-hydrogen) atoms. The zero-order chi connectivity index (χ0) is 11.6. The van der Waals surface area contributed by atoms with E-state index in [1.165, 1.54) is 0 Å². The van der Waals surface area contributed by atoms with Gasteiger partial charge in [-0.25, -0.2) is 0 Å². The predicted octanol–water partition coefficient (Wildman–Crippen LogP) is 3.48. The number of amides is 1. The molecule has 4 heteroatoms. The highest BCUT2D eigenvalue weighted by molar-refractivity contribution is 6.39. The lowest BCUT2D eigenvalue weighted by Gasteiger charge is -2.18. The maximum atomic E-state index is 11.9. The smallest absolute Gasteiger partial charge is 0.250 e. The third kappa shape index (κ3) is 1.92. The van der Waals surface area contributed by atoms with Crippen LogP contribution in [0.15, 0.2) is 24.3 Å². The van der Waals surface area contributed by atoms with Crippen LogP contribution in [-0.2, 0) is 9.67 Å². The summed E-state index contributed by atoms with van der Waals surface area (Å²) in [7, 11) is 0. The highest BCUT2D eigenvalue weighted by atomic mass is 35.5. The maximum absolute atomic E-state index is 11.9. The topological polar surface area (TPSA) is 29.1 Å². The maximum Gasteiger partial charge on any atom is 0.250 e. The van der Waals surface area contributed by atoms with Crippen LogP contribution >= 0.6 is 23.2 Å². The molecule has 0 aliphatic carbocycles. The molecule has 0 fully saturated rings. The van der Waals surface area contributed by atoms with E-state index in [0.29, 0.717) is 12.3 Å². The minimum Gasteiger partial charge on any atom is -0.324 e. The van der Waals surface area contributed by atoms with Crippen molar-refractivity contribution in [3.63, 3.8) is 0 Å². The lowest BCUT2D eigenvalue weighted by Crippen LogP contribution is -2.28. The number of halogens is 2. The van der Waals surface area contributed by atoms with Gasteiger partial charge in [0.1, 0.15) is 4.87 Å². The first-order valence-electron chi connectivity index (χ1n) is 5.34. The Hall–Kier alpha value is -0.730. The van der Waals surface area contributed by atoms with E-state index in [2.05, 4.69) is 5.32 Å². The van der Waals surface area contributed by atoms with Crippen molar-refractivity contribution in [2.24, 2.45) is 0 Å². The Labute approximate surface area is 105 Å². The van der Waals surface area contributed by atoms with E-state index in [9.17, 15) is 4.79 Å². The largest absolute Gasteiger partial charge is 0.324 e. The Morgan fingerprint density at radius 2 is 2.00 bits per heavy atom. The summed E-state index contributed by atoms with van der Waals surface area (Å²) in [6.45, 7) is 0. The summed E-state index contributed by atoms with van der Waals surface area (Å²) in [5, 5.41) is 2.81. The van der Waals surface area contributed by atoms with Crippen LogP contribution in [-0.4, -0.2) is 11.8 Å². The molecule has 2 nitrogen and oxygen atoms in total. The standard InChI is InChI=1S/C12H13Cl2NO/c13-8-4-3-7-12(14)9-5-1-2-6-10(9)15-11(12)16/h1-2,5-6H,3-4,7-8H2,(H,15,16). The third-order valence-electron chi connectivity index (χ3n) is 2.87. The van der Waals surface area contributed by atoms with Gasteiger partial charge in [-0.1, -0.05) is 18.2 Å². The Balaban J connectivity index is 2.23. The highest BCUT2D eigenvalue weighted by Gasteiger charge is 2.44. The van der Waals surface area contributed by atoms with Crippen LogP contribution < -0.4 is 5.32 Å². The Kier molecular flexibility index (Phi) is 3.41. The van der Waals surface area contributed by atoms with Gasteiger partial charge in [-0.2, -0.15) is 0 Å². The van der Waals surface area contributed by atoms with E-state index in [1.54, 1.807) is 0 Å². The number of carbonyl (C=O) groups excluding carboxylic acids is 1. The van der Waals surface area contributed by atoms with E-state index in [1.807, 2.05) is 24.3 Å². The SMILES string of the molecule is O=C1Nc2ccccc2C1(Cl)CCCCCl. The normalized spacial score (nSPS) is 23.0. The summed E-state index contributed by atoms with van der Waals surface area (Å²) >= 11 is 12.1. The number of carbonyl (C=O) groups is 1. The number of fused-ring (bicyclic) bond motifs is 1. The van der Waals surface area contributed by atoms with Gasteiger partial charge in [0.2, 0.25) is 5.91 Å². The van der Waals surface area contributed by atoms with E-state index >= 15 is 0 Å². The van der Waals surface area contributed by atoms with Gasteiger partial charge in [-0.3, -0.25) is 4.79 Å². The average molecular weight is 258 g/mol. The van der Waals surface area contributed by atoms with Crippen molar-refractivity contribution >= 4 is 34.8 Å². The Bertz CT molecular complexity index is 408. The van der Waals surface area contributed by atoms with Crippen molar-refractivity contribution in [2.45, 2.75) is 24.1 Å². The lowest BCUT2D eigenvalue weighted by molar-refractivity contribution is -0.118. The summed E-state index contributed by atoms with van der Waals surface area (Å²) in [4.78, 5) is 11.0. The van der Waals surface area contributed by atoms with E-state index in [4.69, 9.17) is 23.2 Å². The fourth-order valence-electron chi connectivity index (χ4n) is 1.99. The third-order valence-corrected chi connectivity index (χ3v) is 3.70. The van der Waals surface area contributed by atoms with Crippen LogP contribution in [0, 0.1) is 0 Å². The van der Waals surface area contributed by atoms with Gasteiger partial charge in [0.05, 0.1) is 0 Å². The zero-order valence-electron chi connectivity index (χ0n) is 8.80. The number of hydrogen-bond donors (Lipinski definition) is 1. The van der Waals surface area contributed by atoms with Crippen LogP contribution in [0.3, 0.4) is 0 Å². The van der Waals surface area contributed by atoms with Crippen LogP contribution in [0.5, 0.6) is 0 Å². The monoisotopic (exact) mass is 257 g/mol. The summed E-state index contributed by atoms with van der Waals surface area (Å²) in [6.07, 6.45) is 2.37. The summed E-state index contributed by atoms with van der Waals surface area (Å²) < 4.78 is 0. The molecule has 0 bridgehead atoms. The fourth-order valence-corrected chi connectivity index (χ4v) is 2.53. The van der Waals surface area contributed by atoms with Gasteiger partial charge in [-0.15, -0.1) is 23.2 Å². The van der Waals surface area contributed by atoms with Crippen LogP contribution in [0.2, 0.25) is 0 Å². The number of rotatable bonds is 4.